The molecule has 0 N–H and O–H groups in total. The van der Waals surface area contributed by atoms with Crippen molar-refractivity contribution in [2.45, 2.75) is 32.3 Å². The van der Waals surface area contributed by atoms with Crippen LogP contribution in [0.1, 0.15) is 25.5 Å². The van der Waals surface area contributed by atoms with Crippen molar-refractivity contribution in [3.63, 3.8) is 0 Å². The summed E-state index contributed by atoms with van der Waals surface area (Å²) in [6.45, 7) is 8.56. The van der Waals surface area contributed by atoms with Gasteiger partial charge in [0.15, 0.2) is 0 Å². The highest BCUT2D eigenvalue weighted by Gasteiger charge is 2.24. The number of aryl methyl sites for hydroxylation is 1. The van der Waals surface area contributed by atoms with Gasteiger partial charge in [-0.15, -0.1) is 6.58 Å². The van der Waals surface area contributed by atoms with Crippen molar-refractivity contribution < 1.29 is 4.74 Å². The van der Waals surface area contributed by atoms with Gasteiger partial charge in [-0.2, -0.15) is 0 Å². The van der Waals surface area contributed by atoms with Crippen molar-refractivity contribution in [3.05, 3.63) is 48.7 Å². The fraction of sp³-hybridized carbons (Fsp3) is 0.421. The van der Waals surface area contributed by atoms with Gasteiger partial charge in [-0.3, -0.25) is 4.98 Å². The monoisotopic (exact) mass is 296 g/mol. The number of ether oxygens (including phenoxy) is 1. The number of fused-ring (bicyclic) bond motifs is 1. The standard InChI is InChI=1S/C19H24N2O/c1-3-7-15-13-19(17-8-5-6-9-18(17)20-15)21-11-10-16(14-21)22-12-4-2/h4-6,8-9,13,16H,2-3,7,10-12,14H2,1H3. The minimum Gasteiger partial charge on any atom is -0.372 e. The first-order chi connectivity index (χ1) is 10.8. The molecule has 1 fully saturated rings. The summed E-state index contributed by atoms with van der Waals surface area (Å²) in [6.07, 6.45) is 5.36. The summed E-state index contributed by atoms with van der Waals surface area (Å²) in [7, 11) is 0. The lowest BCUT2D eigenvalue weighted by Crippen LogP contribution is -2.23. The second-order valence-corrected chi connectivity index (χ2v) is 5.88. The van der Waals surface area contributed by atoms with E-state index in [0.717, 1.165) is 37.9 Å². The van der Waals surface area contributed by atoms with Gasteiger partial charge in [0.1, 0.15) is 0 Å². The first kappa shape index (κ1) is 15.0. The van der Waals surface area contributed by atoms with Crippen molar-refractivity contribution >= 4 is 16.6 Å². The molecule has 1 aliphatic heterocycles. The molecule has 0 aliphatic carbocycles. The van der Waals surface area contributed by atoms with Gasteiger partial charge < -0.3 is 9.64 Å². The predicted molar refractivity (Wildman–Crippen MR) is 92.5 cm³/mol. The smallest absolute Gasteiger partial charge is 0.0771 e. The number of anilines is 1. The van der Waals surface area contributed by atoms with Crippen molar-refractivity contribution in [1.82, 2.24) is 4.98 Å². The van der Waals surface area contributed by atoms with E-state index in [2.05, 4.69) is 48.7 Å². The molecule has 1 aliphatic rings. The van der Waals surface area contributed by atoms with Gasteiger partial charge in [0.2, 0.25) is 0 Å². The van der Waals surface area contributed by atoms with Crippen LogP contribution < -0.4 is 4.90 Å². The Morgan fingerprint density at radius 3 is 3.09 bits per heavy atom. The summed E-state index contributed by atoms with van der Waals surface area (Å²) in [5.74, 6) is 0. The Morgan fingerprint density at radius 1 is 1.41 bits per heavy atom. The molecule has 3 heteroatoms. The van der Waals surface area contributed by atoms with Crippen LogP contribution in [0.3, 0.4) is 0 Å². The summed E-state index contributed by atoms with van der Waals surface area (Å²) >= 11 is 0. The van der Waals surface area contributed by atoms with E-state index in [4.69, 9.17) is 9.72 Å². The Labute approximate surface area is 132 Å². The Hall–Kier alpha value is -1.87. The van der Waals surface area contributed by atoms with Crippen LogP contribution in [0.2, 0.25) is 0 Å². The van der Waals surface area contributed by atoms with E-state index in [-0.39, 0.29) is 0 Å². The molecule has 0 bridgehead atoms. The summed E-state index contributed by atoms with van der Waals surface area (Å²) < 4.78 is 5.82. The van der Waals surface area contributed by atoms with Crippen LogP contribution >= 0.6 is 0 Å². The Kier molecular flexibility index (Phi) is 4.74. The van der Waals surface area contributed by atoms with Crippen LogP contribution in [0.25, 0.3) is 10.9 Å². The highest BCUT2D eigenvalue weighted by molar-refractivity contribution is 5.92. The van der Waals surface area contributed by atoms with Crippen LogP contribution in [0.4, 0.5) is 5.69 Å². The van der Waals surface area contributed by atoms with Crippen molar-refractivity contribution in [3.8, 4) is 0 Å². The molecule has 1 atom stereocenters. The highest BCUT2D eigenvalue weighted by atomic mass is 16.5. The van der Waals surface area contributed by atoms with E-state index in [1.165, 1.54) is 16.8 Å². The largest absolute Gasteiger partial charge is 0.372 e. The summed E-state index contributed by atoms with van der Waals surface area (Å²) in [4.78, 5) is 7.24. The second-order valence-electron chi connectivity index (χ2n) is 5.88. The lowest BCUT2D eigenvalue weighted by atomic mass is 10.1. The number of pyridine rings is 1. The molecule has 0 amide bonds. The third kappa shape index (κ3) is 3.14. The fourth-order valence-corrected chi connectivity index (χ4v) is 3.14. The van der Waals surface area contributed by atoms with Crippen LogP contribution in [-0.4, -0.2) is 30.8 Å². The van der Waals surface area contributed by atoms with Gasteiger partial charge in [-0.25, -0.2) is 0 Å². The number of benzene rings is 1. The Balaban J connectivity index is 1.90. The molecule has 1 aromatic carbocycles. The lowest BCUT2D eigenvalue weighted by Gasteiger charge is -2.21. The summed E-state index contributed by atoms with van der Waals surface area (Å²) in [5, 5.41) is 1.24. The normalized spacial score (nSPS) is 18.0. The Bertz CT molecular complexity index is 653. The van der Waals surface area contributed by atoms with Gasteiger partial charge >= 0.3 is 0 Å². The van der Waals surface area contributed by atoms with Gasteiger partial charge in [-0.1, -0.05) is 37.6 Å². The number of aromatic nitrogens is 1. The number of hydrogen-bond acceptors (Lipinski definition) is 3. The van der Waals surface area contributed by atoms with E-state index >= 15 is 0 Å². The lowest BCUT2D eigenvalue weighted by molar-refractivity contribution is 0.0909. The highest BCUT2D eigenvalue weighted by Crippen LogP contribution is 2.30. The molecular weight excluding hydrogens is 272 g/mol. The first-order valence-electron chi connectivity index (χ1n) is 8.18. The zero-order valence-electron chi connectivity index (χ0n) is 13.3. The van der Waals surface area contributed by atoms with Crippen LogP contribution in [0.15, 0.2) is 43.0 Å². The molecule has 116 valence electrons. The number of hydrogen-bond donors (Lipinski definition) is 0. The molecule has 3 nitrogen and oxygen atoms in total. The van der Waals surface area contributed by atoms with Crippen molar-refractivity contribution in [1.29, 1.82) is 0 Å². The average molecular weight is 296 g/mol. The van der Waals surface area contributed by atoms with E-state index in [1.807, 2.05) is 6.08 Å². The van der Waals surface area contributed by atoms with Gasteiger partial charge in [0, 0.05) is 29.9 Å². The zero-order valence-corrected chi connectivity index (χ0v) is 13.3. The van der Waals surface area contributed by atoms with Crippen molar-refractivity contribution in [2.24, 2.45) is 0 Å². The summed E-state index contributed by atoms with van der Waals surface area (Å²) in [6, 6.07) is 10.7. The first-order valence-corrected chi connectivity index (χ1v) is 8.18. The average Bonchev–Trinajstić information content (AvgIpc) is 3.01. The molecule has 2 heterocycles. The van der Waals surface area contributed by atoms with E-state index in [0.29, 0.717) is 12.7 Å². The van der Waals surface area contributed by atoms with Gasteiger partial charge in [0.25, 0.3) is 0 Å². The van der Waals surface area contributed by atoms with E-state index in [9.17, 15) is 0 Å². The molecular formula is C19H24N2O. The minimum atomic E-state index is 0.305. The fourth-order valence-electron chi connectivity index (χ4n) is 3.14. The molecule has 3 rings (SSSR count). The zero-order chi connectivity index (χ0) is 15.4. The summed E-state index contributed by atoms with van der Waals surface area (Å²) in [5.41, 5.74) is 3.59. The predicted octanol–water partition coefficient (Wildman–Crippen LogP) is 3.97. The van der Waals surface area contributed by atoms with Gasteiger partial charge in [-0.05, 0) is 25.0 Å². The van der Waals surface area contributed by atoms with Crippen molar-refractivity contribution in [2.75, 3.05) is 24.6 Å². The maximum atomic E-state index is 5.82. The third-order valence-corrected chi connectivity index (χ3v) is 4.19. The maximum Gasteiger partial charge on any atom is 0.0771 e. The topological polar surface area (TPSA) is 25.4 Å². The van der Waals surface area contributed by atoms with Crippen LogP contribution in [-0.2, 0) is 11.2 Å². The number of para-hydroxylation sites is 1. The van der Waals surface area contributed by atoms with Gasteiger partial charge in [0.05, 0.1) is 18.2 Å². The molecule has 0 radical (unpaired) electrons. The molecule has 22 heavy (non-hydrogen) atoms. The molecule has 1 aromatic heterocycles. The maximum absolute atomic E-state index is 5.82. The molecule has 1 saturated heterocycles. The molecule has 0 saturated carbocycles. The van der Waals surface area contributed by atoms with Crippen LogP contribution in [0.5, 0.6) is 0 Å². The van der Waals surface area contributed by atoms with Crippen LogP contribution in [0, 0.1) is 0 Å². The van der Waals surface area contributed by atoms with E-state index in [1.54, 1.807) is 0 Å². The SMILES string of the molecule is C=CCOC1CCN(c2cc(CCC)nc3ccccc23)C1. The van der Waals surface area contributed by atoms with E-state index < -0.39 is 0 Å². The molecule has 0 spiro atoms. The number of nitrogens with zero attached hydrogens (tertiary/aromatic N) is 2. The molecule has 1 unspecified atom stereocenters. The molecule has 2 aromatic rings. The second kappa shape index (κ2) is 6.93. The third-order valence-electron chi connectivity index (χ3n) is 4.19. The quantitative estimate of drug-likeness (QED) is 0.754. The number of rotatable bonds is 6. The minimum absolute atomic E-state index is 0.305. The Morgan fingerprint density at radius 2 is 2.27 bits per heavy atom.